The van der Waals surface area contributed by atoms with Gasteiger partial charge in [-0.05, 0) is 31.9 Å². The molecule has 110 valence electrons. The fourth-order valence-corrected chi connectivity index (χ4v) is 2.59. The predicted molar refractivity (Wildman–Crippen MR) is 78.9 cm³/mol. The van der Waals surface area contributed by atoms with E-state index in [9.17, 15) is 4.79 Å². The second-order valence-corrected chi connectivity index (χ2v) is 5.01. The first-order chi connectivity index (χ1) is 9.76. The van der Waals surface area contributed by atoms with Crippen molar-refractivity contribution in [2.45, 2.75) is 32.8 Å². The molecule has 20 heavy (non-hydrogen) atoms. The van der Waals surface area contributed by atoms with Gasteiger partial charge in [-0.1, -0.05) is 6.92 Å². The van der Waals surface area contributed by atoms with E-state index in [0.717, 1.165) is 26.0 Å². The summed E-state index contributed by atoms with van der Waals surface area (Å²) < 4.78 is 5.64. The van der Waals surface area contributed by atoms with Gasteiger partial charge in [0.25, 0.3) is 5.91 Å². The number of carbonyl (C=O) groups is 1. The Labute approximate surface area is 120 Å². The van der Waals surface area contributed by atoms with Crippen LogP contribution in [0.4, 0.5) is 5.82 Å². The van der Waals surface area contributed by atoms with Gasteiger partial charge in [-0.15, -0.1) is 0 Å². The Bertz CT molecular complexity index is 450. The molecule has 2 rings (SSSR count). The Morgan fingerprint density at radius 3 is 3.10 bits per heavy atom. The molecule has 1 aromatic heterocycles. The van der Waals surface area contributed by atoms with Gasteiger partial charge in [0, 0.05) is 31.8 Å². The van der Waals surface area contributed by atoms with Gasteiger partial charge in [0.05, 0.1) is 11.7 Å². The third-order valence-electron chi connectivity index (χ3n) is 3.67. The molecule has 0 saturated carbocycles. The Hall–Kier alpha value is -1.62. The van der Waals surface area contributed by atoms with Crippen LogP contribution in [-0.2, 0) is 4.74 Å². The summed E-state index contributed by atoms with van der Waals surface area (Å²) in [7, 11) is 0. The van der Waals surface area contributed by atoms with E-state index in [1.165, 1.54) is 0 Å². The molecule has 2 unspecified atom stereocenters. The van der Waals surface area contributed by atoms with Crippen LogP contribution in [0.2, 0.25) is 0 Å². The number of amides is 1. The molecule has 1 aliphatic heterocycles. The molecule has 2 atom stereocenters. The van der Waals surface area contributed by atoms with Crippen molar-refractivity contribution in [1.29, 1.82) is 0 Å². The standard InChI is InChI=1S/C15H23N3O2/c1-3-13-11(7-9-20-13)10-18-15(19)12-6-5-8-17-14(12)16-4-2/h5-6,8,11,13H,3-4,7,9-10H2,1-2H3,(H,16,17)(H,18,19). The third kappa shape index (κ3) is 3.48. The molecule has 1 aliphatic rings. The average molecular weight is 277 g/mol. The van der Waals surface area contributed by atoms with Crippen LogP contribution >= 0.6 is 0 Å². The van der Waals surface area contributed by atoms with Gasteiger partial charge in [0.1, 0.15) is 5.82 Å². The van der Waals surface area contributed by atoms with E-state index in [1.54, 1.807) is 18.3 Å². The molecule has 1 fully saturated rings. The van der Waals surface area contributed by atoms with E-state index in [4.69, 9.17) is 4.74 Å². The van der Waals surface area contributed by atoms with E-state index in [0.29, 0.717) is 23.8 Å². The van der Waals surface area contributed by atoms with Gasteiger partial charge in [0.2, 0.25) is 0 Å². The molecule has 0 spiro atoms. The molecule has 5 nitrogen and oxygen atoms in total. The zero-order valence-corrected chi connectivity index (χ0v) is 12.2. The fourth-order valence-electron chi connectivity index (χ4n) is 2.59. The van der Waals surface area contributed by atoms with Crippen molar-refractivity contribution in [3.8, 4) is 0 Å². The van der Waals surface area contributed by atoms with Gasteiger partial charge in [0.15, 0.2) is 0 Å². The normalized spacial score (nSPS) is 21.7. The molecule has 2 heterocycles. The van der Waals surface area contributed by atoms with Crippen LogP contribution in [0.5, 0.6) is 0 Å². The molecule has 1 aromatic rings. The minimum Gasteiger partial charge on any atom is -0.378 e. The van der Waals surface area contributed by atoms with Crippen LogP contribution in [0.15, 0.2) is 18.3 Å². The maximum Gasteiger partial charge on any atom is 0.255 e. The summed E-state index contributed by atoms with van der Waals surface area (Å²) in [6, 6.07) is 3.58. The molecule has 0 radical (unpaired) electrons. The summed E-state index contributed by atoms with van der Waals surface area (Å²) in [6.45, 7) is 6.31. The second kappa shape index (κ2) is 7.24. The summed E-state index contributed by atoms with van der Waals surface area (Å²) in [4.78, 5) is 16.5. The minimum atomic E-state index is -0.0733. The van der Waals surface area contributed by atoms with E-state index in [2.05, 4.69) is 22.5 Å². The van der Waals surface area contributed by atoms with Crippen LogP contribution in [0.3, 0.4) is 0 Å². The zero-order chi connectivity index (χ0) is 14.4. The molecule has 0 aromatic carbocycles. The smallest absolute Gasteiger partial charge is 0.255 e. The highest BCUT2D eigenvalue weighted by Crippen LogP contribution is 2.22. The van der Waals surface area contributed by atoms with Crippen LogP contribution in [-0.4, -0.2) is 36.7 Å². The second-order valence-electron chi connectivity index (χ2n) is 5.01. The number of aromatic nitrogens is 1. The van der Waals surface area contributed by atoms with Crippen molar-refractivity contribution in [2.24, 2.45) is 5.92 Å². The van der Waals surface area contributed by atoms with Crippen LogP contribution in [0.25, 0.3) is 0 Å². The third-order valence-corrected chi connectivity index (χ3v) is 3.67. The Kier molecular flexibility index (Phi) is 5.35. The van der Waals surface area contributed by atoms with Crippen molar-refractivity contribution in [1.82, 2.24) is 10.3 Å². The lowest BCUT2D eigenvalue weighted by atomic mass is 9.99. The van der Waals surface area contributed by atoms with Crippen molar-refractivity contribution in [3.63, 3.8) is 0 Å². The average Bonchev–Trinajstić information content (AvgIpc) is 2.93. The Morgan fingerprint density at radius 2 is 2.35 bits per heavy atom. The number of hydrogen-bond acceptors (Lipinski definition) is 4. The summed E-state index contributed by atoms with van der Waals surface area (Å²) in [6.07, 6.45) is 3.98. The lowest BCUT2D eigenvalue weighted by Gasteiger charge is -2.17. The maximum atomic E-state index is 12.3. The number of rotatable bonds is 6. The monoisotopic (exact) mass is 277 g/mol. The first-order valence-corrected chi connectivity index (χ1v) is 7.35. The first kappa shape index (κ1) is 14.8. The molecule has 1 saturated heterocycles. The van der Waals surface area contributed by atoms with Crippen LogP contribution < -0.4 is 10.6 Å². The number of anilines is 1. The van der Waals surface area contributed by atoms with E-state index in [1.807, 2.05) is 6.92 Å². The number of nitrogens with zero attached hydrogens (tertiary/aromatic N) is 1. The first-order valence-electron chi connectivity index (χ1n) is 7.35. The summed E-state index contributed by atoms with van der Waals surface area (Å²) in [5, 5.41) is 6.11. The largest absolute Gasteiger partial charge is 0.378 e. The topological polar surface area (TPSA) is 63.2 Å². The number of carbonyl (C=O) groups excluding carboxylic acids is 1. The van der Waals surface area contributed by atoms with E-state index < -0.39 is 0 Å². The van der Waals surface area contributed by atoms with Gasteiger partial charge in [-0.3, -0.25) is 4.79 Å². The van der Waals surface area contributed by atoms with Crippen molar-refractivity contribution in [2.75, 3.05) is 25.0 Å². The summed E-state index contributed by atoms with van der Waals surface area (Å²) >= 11 is 0. The van der Waals surface area contributed by atoms with Crippen molar-refractivity contribution < 1.29 is 9.53 Å². The summed E-state index contributed by atoms with van der Waals surface area (Å²) in [5.74, 6) is 0.987. The minimum absolute atomic E-state index is 0.0733. The predicted octanol–water partition coefficient (Wildman–Crippen LogP) is 2.06. The van der Waals surface area contributed by atoms with E-state index >= 15 is 0 Å². The highest BCUT2D eigenvalue weighted by molar-refractivity contribution is 5.98. The highest BCUT2D eigenvalue weighted by atomic mass is 16.5. The number of pyridine rings is 1. The molecular weight excluding hydrogens is 254 g/mol. The van der Waals surface area contributed by atoms with Crippen molar-refractivity contribution in [3.05, 3.63) is 23.9 Å². The SMILES string of the molecule is CCNc1ncccc1C(=O)NCC1CCOC1CC. The quantitative estimate of drug-likeness (QED) is 0.835. The van der Waals surface area contributed by atoms with Gasteiger partial charge in [-0.25, -0.2) is 4.98 Å². The molecule has 1 amide bonds. The molecule has 0 aliphatic carbocycles. The number of nitrogens with one attached hydrogen (secondary N) is 2. The molecular formula is C15H23N3O2. The van der Waals surface area contributed by atoms with Crippen LogP contribution in [0.1, 0.15) is 37.0 Å². The van der Waals surface area contributed by atoms with Crippen molar-refractivity contribution >= 4 is 11.7 Å². The Balaban J connectivity index is 1.95. The molecule has 2 N–H and O–H groups in total. The molecule has 5 heteroatoms. The lowest BCUT2D eigenvalue weighted by molar-refractivity contribution is 0.0827. The molecule has 0 bridgehead atoms. The highest BCUT2D eigenvalue weighted by Gasteiger charge is 2.27. The van der Waals surface area contributed by atoms with Gasteiger partial charge < -0.3 is 15.4 Å². The lowest BCUT2D eigenvalue weighted by Crippen LogP contribution is -2.33. The number of hydrogen-bond donors (Lipinski definition) is 2. The van der Waals surface area contributed by atoms with Crippen LogP contribution in [0, 0.1) is 5.92 Å². The fraction of sp³-hybridized carbons (Fsp3) is 0.600. The summed E-state index contributed by atoms with van der Waals surface area (Å²) in [5.41, 5.74) is 0.598. The van der Waals surface area contributed by atoms with Gasteiger partial charge in [-0.2, -0.15) is 0 Å². The Morgan fingerprint density at radius 1 is 1.50 bits per heavy atom. The zero-order valence-electron chi connectivity index (χ0n) is 12.2. The van der Waals surface area contributed by atoms with Gasteiger partial charge >= 0.3 is 0 Å². The maximum absolute atomic E-state index is 12.3. The number of ether oxygens (including phenoxy) is 1. The van der Waals surface area contributed by atoms with E-state index in [-0.39, 0.29) is 12.0 Å².